The van der Waals surface area contributed by atoms with Gasteiger partial charge in [-0.15, -0.1) is 0 Å². The third kappa shape index (κ3) is 3.09. The fourth-order valence-corrected chi connectivity index (χ4v) is 3.51. The van der Waals surface area contributed by atoms with E-state index in [4.69, 9.17) is 9.72 Å². The van der Waals surface area contributed by atoms with Gasteiger partial charge in [0.25, 0.3) is 5.56 Å². The smallest absolute Gasteiger partial charge is 0.261 e. The zero-order valence-corrected chi connectivity index (χ0v) is 15.4. The maximum atomic E-state index is 12.9. The molecule has 4 rings (SSSR count). The van der Waals surface area contributed by atoms with Gasteiger partial charge in [0.1, 0.15) is 17.7 Å². The van der Waals surface area contributed by atoms with Crippen molar-refractivity contribution in [2.75, 3.05) is 0 Å². The predicted octanol–water partition coefficient (Wildman–Crippen LogP) is 3.90. The highest BCUT2D eigenvalue weighted by Gasteiger charge is 2.27. The van der Waals surface area contributed by atoms with Crippen LogP contribution in [0.5, 0.6) is 5.75 Å². The summed E-state index contributed by atoms with van der Waals surface area (Å²) in [5, 5.41) is 0.643. The van der Waals surface area contributed by atoms with Crippen molar-refractivity contribution >= 4 is 10.9 Å². The van der Waals surface area contributed by atoms with Crippen LogP contribution in [0, 0.1) is 5.41 Å². The molecule has 0 radical (unpaired) electrons. The third-order valence-electron chi connectivity index (χ3n) is 5.03. The van der Waals surface area contributed by atoms with Gasteiger partial charge in [0.05, 0.1) is 16.6 Å². The average Bonchev–Trinajstić information content (AvgIpc) is 2.63. The first-order valence-electron chi connectivity index (χ1n) is 9.04. The zero-order valence-electron chi connectivity index (χ0n) is 15.4. The van der Waals surface area contributed by atoms with Crippen LogP contribution in [-0.2, 0) is 13.0 Å². The van der Waals surface area contributed by atoms with Crippen molar-refractivity contribution in [2.24, 2.45) is 5.41 Å². The minimum atomic E-state index is -0.173. The molecular weight excluding hydrogens is 326 g/mol. The highest BCUT2D eigenvalue weighted by molar-refractivity contribution is 5.79. The molecule has 0 saturated carbocycles. The van der Waals surface area contributed by atoms with Gasteiger partial charge in [0, 0.05) is 25.2 Å². The summed E-state index contributed by atoms with van der Waals surface area (Å²) < 4.78 is 7.85. The minimum absolute atomic E-state index is 0.0436. The Morgan fingerprint density at radius 3 is 2.85 bits per heavy atom. The van der Waals surface area contributed by atoms with Crippen molar-refractivity contribution in [3.05, 3.63) is 64.5 Å². The number of aryl methyl sites for hydroxylation is 1. The molecule has 0 amide bonds. The molecule has 1 aromatic carbocycles. The average molecular weight is 349 g/mol. The number of ether oxygens (including phenoxy) is 1. The lowest BCUT2D eigenvalue weighted by molar-refractivity contribution is 0.222. The fraction of sp³-hybridized carbons (Fsp3) is 0.381. The molecule has 0 spiro atoms. The molecule has 3 aromatic rings. The summed E-state index contributed by atoms with van der Waals surface area (Å²) in [4.78, 5) is 22.0. The largest absolute Gasteiger partial charge is 0.484 e. The Bertz CT molecular complexity index is 1010. The van der Waals surface area contributed by atoms with Crippen molar-refractivity contribution in [3.63, 3.8) is 0 Å². The fourth-order valence-electron chi connectivity index (χ4n) is 3.51. The van der Waals surface area contributed by atoms with E-state index in [0.717, 1.165) is 30.9 Å². The summed E-state index contributed by atoms with van der Waals surface area (Å²) in [5.74, 6) is 1.57. The molecule has 1 aliphatic rings. The van der Waals surface area contributed by atoms with Gasteiger partial charge in [-0.05, 0) is 43.0 Å². The number of rotatable bonds is 3. The lowest BCUT2D eigenvalue weighted by atomic mass is 9.85. The molecule has 5 nitrogen and oxygen atoms in total. The molecule has 1 atom stereocenters. The molecule has 3 heterocycles. The Labute approximate surface area is 152 Å². The van der Waals surface area contributed by atoms with E-state index in [2.05, 4.69) is 18.8 Å². The number of nitrogens with zero attached hydrogens (tertiary/aromatic N) is 3. The van der Waals surface area contributed by atoms with Gasteiger partial charge in [0.2, 0.25) is 0 Å². The van der Waals surface area contributed by atoms with Gasteiger partial charge < -0.3 is 4.74 Å². The first-order chi connectivity index (χ1) is 12.4. The molecule has 1 aliphatic heterocycles. The van der Waals surface area contributed by atoms with Gasteiger partial charge in [-0.2, -0.15) is 0 Å². The summed E-state index contributed by atoms with van der Waals surface area (Å²) >= 11 is 0. The molecular formula is C21H23N3O2. The molecule has 5 heteroatoms. The van der Waals surface area contributed by atoms with E-state index >= 15 is 0 Å². The van der Waals surface area contributed by atoms with Gasteiger partial charge in [-0.25, -0.2) is 4.98 Å². The normalized spacial score (nSPS) is 16.9. The summed E-state index contributed by atoms with van der Waals surface area (Å²) in [7, 11) is 0. The number of pyridine rings is 1. The highest BCUT2D eigenvalue weighted by atomic mass is 16.5. The summed E-state index contributed by atoms with van der Waals surface area (Å²) in [6.45, 7) is 7.08. The Hall–Kier alpha value is -2.69. The first kappa shape index (κ1) is 16.8. The van der Waals surface area contributed by atoms with Gasteiger partial charge in [0.15, 0.2) is 0 Å². The van der Waals surface area contributed by atoms with Gasteiger partial charge in [-0.1, -0.05) is 19.9 Å². The second-order valence-electron chi connectivity index (χ2n) is 7.78. The number of fused-ring (bicyclic) bond motifs is 2. The highest BCUT2D eigenvalue weighted by Crippen LogP contribution is 2.30. The van der Waals surface area contributed by atoms with Crippen LogP contribution in [0.25, 0.3) is 10.9 Å². The van der Waals surface area contributed by atoms with Crippen molar-refractivity contribution in [3.8, 4) is 5.75 Å². The lowest BCUT2D eigenvalue weighted by Crippen LogP contribution is -2.36. The Morgan fingerprint density at radius 1 is 1.23 bits per heavy atom. The van der Waals surface area contributed by atoms with Crippen LogP contribution < -0.4 is 10.3 Å². The summed E-state index contributed by atoms with van der Waals surface area (Å²) in [6, 6.07) is 11.3. The second-order valence-corrected chi connectivity index (χ2v) is 7.78. The van der Waals surface area contributed by atoms with Crippen molar-refractivity contribution in [2.45, 2.75) is 46.3 Å². The molecule has 2 aromatic heterocycles. The molecule has 0 aliphatic carbocycles. The Morgan fingerprint density at radius 2 is 2.08 bits per heavy atom. The standard InChI is InChI=1S/C21H23N3O2/c1-14(17-6-4-5-11-22-17)26-15-7-8-16-18(12-15)23-19-9-10-21(2,3)13-24(19)20(16)25/h4-8,11-12,14H,9-10,13H2,1-3H3. The van der Waals surface area contributed by atoms with E-state index in [9.17, 15) is 4.79 Å². The maximum Gasteiger partial charge on any atom is 0.261 e. The SMILES string of the molecule is CC(Oc1ccc2c(=O)n3c(nc2c1)CCC(C)(C)C3)c1ccccn1. The number of hydrogen-bond acceptors (Lipinski definition) is 4. The maximum absolute atomic E-state index is 12.9. The van der Waals surface area contributed by atoms with E-state index in [1.54, 1.807) is 6.20 Å². The lowest BCUT2D eigenvalue weighted by Gasteiger charge is -2.31. The van der Waals surface area contributed by atoms with Crippen LogP contribution >= 0.6 is 0 Å². The topological polar surface area (TPSA) is 57.0 Å². The van der Waals surface area contributed by atoms with Crippen molar-refractivity contribution < 1.29 is 4.74 Å². The van der Waals surface area contributed by atoms with Gasteiger partial charge >= 0.3 is 0 Å². The van der Waals surface area contributed by atoms with E-state index in [1.807, 2.05) is 47.9 Å². The quantitative estimate of drug-likeness (QED) is 0.719. The molecule has 0 N–H and O–H groups in total. The van der Waals surface area contributed by atoms with E-state index in [0.29, 0.717) is 16.7 Å². The number of hydrogen-bond donors (Lipinski definition) is 0. The molecule has 0 bridgehead atoms. The van der Waals surface area contributed by atoms with Crippen molar-refractivity contribution in [1.82, 2.24) is 14.5 Å². The van der Waals surface area contributed by atoms with Gasteiger partial charge in [-0.3, -0.25) is 14.3 Å². The first-order valence-corrected chi connectivity index (χ1v) is 9.04. The van der Waals surface area contributed by atoms with E-state index < -0.39 is 0 Å². The van der Waals surface area contributed by atoms with Crippen LogP contribution in [-0.4, -0.2) is 14.5 Å². The van der Waals surface area contributed by atoms with Crippen LogP contribution in [0.3, 0.4) is 0 Å². The Balaban J connectivity index is 1.69. The predicted molar refractivity (Wildman–Crippen MR) is 101 cm³/mol. The monoisotopic (exact) mass is 349 g/mol. The van der Waals surface area contributed by atoms with Crippen LogP contribution in [0.15, 0.2) is 47.4 Å². The van der Waals surface area contributed by atoms with Crippen LogP contribution in [0.4, 0.5) is 0 Å². The molecule has 0 fully saturated rings. The molecule has 134 valence electrons. The zero-order chi connectivity index (χ0) is 18.3. The van der Waals surface area contributed by atoms with Crippen LogP contribution in [0.1, 0.15) is 44.8 Å². The van der Waals surface area contributed by atoms with Crippen molar-refractivity contribution in [1.29, 1.82) is 0 Å². The number of benzene rings is 1. The van der Waals surface area contributed by atoms with Crippen LogP contribution in [0.2, 0.25) is 0 Å². The molecule has 1 unspecified atom stereocenters. The summed E-state index contributed by atoms with van der Waals surface area (Å²) in [6.07, 6.45) is 3.45. The van der Waals surface area contributed by atoms with E-state index in [-0.39, 0.29) is 17.1 Å². The molecule has 0 saturated heterocycles. The molecule has 26 heavy (non-hydrogen) atoms. The Kier molecular flexibility index (Phi) is 4.02. The summed E-state index contributed by atoms with van der Waals surface area (Å²) in [5.41, 5.74) is 1.75. The van der Waals surface area contributed by atoms with E-state index in [1.165, 1.54) is 0 Å². The number of aromatic nitrogens is 3. The third-order valence-corrected chi connectivity index (χ3v) is 5.03. The second kappa shape index (κ2) is 6.24. The minimum Gasteiger partial charge on any atom is -0.484 e.